The van der Waals surface area contributed by atoms with E-state index in [2.05, 4.69) is 33.7 Å². The SMILES string of the molecule is CCCC1=CC(Nc2nc(-c3ccc(CO)s3)ncc2C)N(C)N1. The molecule has 0 aromatic carbocycles. The molecule has 6 nitrogen and oxygen atoms in total. The van der Waals surface area contributed by atoms with E-state index in [1.165, 1.54) is 17.0 Å². The van der Waals surface area contributed by atoms with E-state index < -0.39 is 0 Å². The molecule has 0 radical (unpaired) electrons. The van der Waals surface area contributed by atoms with Crippen LogP contribution in [0, 0.1) is 6.92 Å². The average molecular weight is 345 g/mol. The van der Waals surface area contributed by atoms with Crippen molar-refractivity contribution in [2.45, 2.75) is 39.5 Å². The number of nitrogens with one attached hydrogen (secondary N) is 2. The van der Waals surface area contributed by atoms with Gasteiger partial charge in [-0.15, -0.1) is 11.3 Å². The lowest BCUT2D eigenvalue weighted by atomic mass is 10.2. The van der Waals surface area contributed by atoms with Gasteiger partial charge < -0.3 is 15.8 Å². The Bertz CT molecular complexity index is 742. The van der Waals surface area contributed by atoms with Gasteiger partial charge in [0.2, 0.25) is 0 Å². The number of anilines is 1. The molecule has 7 heteroatoms. The van der Waals surface area contributed by atoms with Crippen LogP contribution in [0.1, 0.15) is 30.2 Å². The fourth-order valence-corrected chi connectivity index (χ4v) is 3.42. The van der Waals surface area contributed by atoms with Crippen LogP contribution in [-0.4, -0.2) is 33.3 Å². The highest BCUT2D eigenvalue weighted by molar-refractivity contribution is 7.15. The molecule has 0 amide bonds. The van der Waals surface area contributed by atoms with E-state index in [1.807, 2.05) is 37.3 Å². The van der Waals surface area contributed by atoms with Crippen molar-refractivity contribution in [2.75, 3.05) is 12.4 Å². The Morgan fingerprint density at radius 1 is 1.42 bits per heavy atom. The number of rotatable bonds is 6. The summed E-state index contributed by atoms with van der Waals surface area (Å²) in [5.41, 5.74) is 5.60. The molecule has 3 N–H and O–H groups in total. The normalized spacial score (nSPS) is 17.7. The number of aliphatic hydroxyl groups is 1. The first-order valence-corrected chi connectivity index (χ1v) is 8.92. The van der Waals surface area contributed by atoms with Gasteiger partial charge in [-0.3, -0.25) is 0 Å². The number of aliphatic hydroxyl groups excluding tert-OH is 1. The Kier molecular flexibility index (Phi) is 5.13. The lowest BCUT2D eigenvalue weighted by Gasteiger charge is -2.22. The third-order valence-electron chi connectivity index (χ3n) is 3.91. The quantitative estimate of drug-likeness (QED) is 0.748. The zero-order valence-corrected chi connectivity index (χ0v) is 15.0. The number of hydrazine groups is 1. The maximum atomic E-state index is 9.22. The van der Waals surface area contributed by atoms with Gasteiger partial charge in [-0.05, 0) is 31.6 Å². The van der Waals surface area contributed by atoms with E-state index in [-0.39, 0.29) is 12.8 Å². The summed E-state index contributed by atoms with van der Waals surface area (Å²) in [4.78, 5) is 11.0. The second-order valence-electron chi connectivity index (χ2n) is 5.90. The molecule has 0 aliphatic carbocycles. The third-order valence-corrected chi connectivity index (χ3v) is 4.98. The molecule has 0 saturated carbocycles. The maximum Gasteiger partial charge on any atom is 0.171 e. The summed E-state index contributed by atoms with van der Waals surface area (Å²) in [6, 6.07) is 3.86. The van der Waals surface area contributed by atoms with Crippen LogP contribution in [0.3, 0.4) is 0 Å². The Balaban J connectivity index is 1.82. The highest BCUT2D eigenvalue weighted by Gasteiger charge is 2.21. The molecule has 3 rings (SSSR count). The number of likely N-dealkylation sites (N-methyl/N-ethyl adjacent to an activating group) is 1. The van der Waals surface area contributed by atoms with Gasteiger partial charge in [0.1, 0.15) is 12.0 Å². The summed E-state index contributed by atoms with van der Waals surface area (Å²) < 4.78 is 0. The van der Waals surface area contributed by atoms with Gasteiger partial charge in [0.25, 0.3) is 0 Å². The van der Waals surface area contributed by atoms with Crippen molar-refractivity contribution in [2.24, 2.45) is 0 Å². The molecule has 1 unspecified atom stereocenters. The Morgan fingerprint density at radius 3 is 2.96 bits per heavy atom. The van der Waals surface area contributed by atoms with E-state index in [0.29, 0.717) is 5.82 Å². The number of thiophene rings is 1. The lowest BCUT2D eigenvalue weighted by Crippen LogP contribution is -2.39. The van der Waals surface area contributed by atoms with Crippen molar-refractivity contribution in [3.8, 4) is 10.7 Å². The van der Waals surface area contributed by atoms with Gasteiger partial charge in [-0.25, -0.2) is 15.0 Å². The minimum Gasteiger partial charge on any atom is -0.391 e. The smallest absolute Gasteiger partial charge is 0.171 e. The van der Waals surface area contributed by atoms with Crippen LogP contribution in [0.5, 0.6) is 0 Å². The molecule has 0 fully saturated rings. The van der Waals surface area contributed by atoms with Gasteiger partial charge in [0, 0.05) is 29.4 Å². The molecule has 2 aromatic rings. The fraction of sp³-hybridized carbons (Fsp3) is 0.412. The van der Waals surface area contributed by atoms with E-state index in [0.717, 1.165) is 34.0 Å². The van der Waals surface area contributed by atoms with Crippen molar-refractivity contribution >= 4 is 17.2 Å². The third kappa shape index (κ3) is 3.58. The molecule has 0 bridgehead atoms. The molecule has 2 aromatic heterocycles. The summed E-state index contributed by atoms with van der Waals surface area (Å²) in [5.74, 6) is 1.51. The van der Waals surface area contributed by atoms with Crippen LogP contribution < -0.4 is 10.7 Å². The van der Waals surface area contributed by atoms with Crippen LogP contribution >= 0.6 is 11.3 Å². The molecule has 0 spiro atoms. The number of aromatic nitrogens is 2. The predicted octanol–water partition coefficient (Wildman–Crippen LogP) is 2.88. The van der Waals surface area contributed by atoms with Crippen molar-refractivity contribution in [3.05, 3.63) is 40.5 Å². The van der Waals surface area contributed by atoms with Crippen molar-refractivity contribution in [3.63, 3.8) is 0 Å². The van der Waals surface area contributed by atoms with E-state index in [4.69, 9.17) is 0 Å². The number of hydrogen-bond acceptors (Lipinski definition) is 7. The number of hydrogen-bond donors (Lipinski definition) is 3. The summed E-state index contributed by atoms with van der Waals surface area (Å²) >= 11 is 1.51. The van der Waals surface area contributed by atoms with Crippen LogP contribution in [0.2, 0.25) is 0 Å². The van der Waals surface area contributed by atoms with Crippen LogP contribution in [0.4, 0.5) is 5.82 Å². The zero-order chi connectivity index (χ0) is 17.1. The molecule has 1 aliphatic heterocycles. The summed E-state index contributed by atoms with van der Waals surface area (Å²) in [5, 5.41) is 14.7. The van der Waals surface area contributed by atoms with Crippen molar-refractivity contribution in [1.82, 2.24) is 20.4 Å². The first kappa shape index (κ1) is 16.9. The molecule has 3 heterocycles. The van der Waals surface area contributed by atoms with Gasteiger partial charge in [-0.2, -0.15) is 0 Å². The standard InChI is InChI=1S/C17H23N5OS/c1-4-5-12-8-15(22(3)21-12)19-16-11(2)9-18-17(20-16)14-7-6-13(10-23)24-14/h6-9,15,21,23H,4-5,10H2,1-3H3,(H,18,19,20). The monoisotopic (exact) mass is 345 g/mol. The first-order valence-electron chi connectivity index (χ1n) is 8.11. The Labute approximate surface area is 146 Å². The molecule has 24 heavy (non-hydrogen) atoms. The summed E-state index contributed by atoms with van der Waals surface area (Å²) in [6.45, 7) is 4.22. The topological polar surface area (TPSA) is 73.3 Å². The van der Waals surface area contributed by atoms with Gasteiger partial charge in [0.15, 0.2) is 5.82 Å². The minimum absolute atomic E-state index is 0.0468. The van der Waals surface area contributed by atoms with Crippen molar-refractivity contribution in [1.29, 1.82) is 0 Å². The van der Waals surface area contributed by atoms with Gasteiger partial charge in [0.05, 0.1) is 11.5 Å². The molecule has 0 saturated heterocycles. The Hall–Kier alpha value is -1.96. The van der Waals surface area contributed by atoms with E-state index >= 15 is 0 Å². The van der Waals surface area contributed by atoms with Crippen molar-refractivity contribution < 1.29 is 5.11 Å². The molecule has 1 atom stereocenters. The Morgan fingerprint density at radius 2 is 2.25 bits per heavy atom. The zero-order valence-electron chi connectivity index (χ0n) is 14.2. The number of allylic oxidation sites excluding steroid dienone is 1. The lowest BCUT2D eigenvalue weighted by molar-refractivity contribution is 0.262. The minimum atomic E-state index is 0.0468. The molecular formula is C17H23N5OS. The molecular weight excluding hydrogens is 322 g/mol. The number of aryl methyl sites for hydroxylation is 1. The molecule has 1 aliphatic rings. The maximum absolute atomic E-state index is 9.22. The second kappa shape index (κ2) is 7.29. The van der Waals surface area contributed by atoms with Crippen LogP contribution in [0.25, 0.3) is 10.7 Å². The summed E-state index contributed by atoms with van der Waals surface area (Å²) in [6.07, 6.45) is 6.24. The van der Waals surface area contributed by atoms with E-state index in [9.17, 15) is 5.11 Å². The van der Waals surface area contributed by atoms with E-state index in [1.54, 1.807) is 0 Å². The van der Waals surface area contributed by atoms with Gasteiger partial charge >= 0.3 is 0 Å². The number of nitrogens with zero attached hydrogens (tertiary/aromatic N) is 3. The average Bonchev–Trinajstić information content (AvgIpc) is 3.17. The highest BCUT2D eigenvalue weighted by Crippen LogP contribution is 2.27. The predicted molar refractivity (Wildman–Crippen MR) is 97.3 cm³/mol. The highest BCUT2D eigenvalue weighted by atomic mass is 32.1. The van der Waals surface area contributed by atoms with Crippen LogP contribution in [-0.2, 0) is 6.61 Å². The van der Waals surface area contributed by atoms with Gasteiger partial charge in [-0.1, -0.05) is 13.3 Å². The molecule has 128 valence electrons. The van der Waals surface area contributed by atoms with Crippen LogP contribution in [0.15, 0.2) is 30.1 Å². The largest absolute Gasteiger partial charge is 0.391 e. The first-order chi connectivity index (χ1) is 11.6. The fourth-order valence-electron chi connectivity index (χ4n) is 2.61. The second-order valence-corrected chi connectivity index (χ2v) is 7.07. The summed E-state index contributed by atoms with van der Waals surface area (Å²) in [7, 11) is 2.01.